The number of nitrogens with zero attached hydrogens (tertiary/aromatic N) is 1. The van der Waals surface area contributed by atoms with Gasteiger partial charge in [-0.25, -0.2) is 0 Å². The third-order valence-electron chi connectivity index (χ3n) is 4.78. The zero-order valence-corrected chi connectivity index (χ0v) is 15.4. The first-order chi connectivity index (χ1) is 11.7. The minimum absolute atomic E-state index is 0.0783. The molecule has 0 bridgehead atoms. The average Bonchev–Trinajstić information content (AvgIpc) is 2.61. The Morgan fingerprint density at radius 3 is 2.71 bits per heavy atom. The van der Waals surface area contributed by atoms with Gasteiger partial charge in [0.25, 0.3) is 0 Å². The number of benzene rings is 1. The van der Waals surface area contributed by atoms with Crippen molar-refractivity contribution in [1.82, 2.24) is 5.32 Å². The van der Waals surface area contributed by atoms with E-state index >= 15 is 0 Å². The first-order valence-electron chi connectivity index (χ1n) is 9.04. The van der Waals surface area contributed by atoms with Crippen molar-refractivity contribution in [1.29, 1.82) is 0 Å². The highest BCUT2D eigenvalue weighted by Gasteiger charge is 2.35. The minimum atomic E-state index is -0.0783. The van der Waals surface area contributed by atoms with Crippen molar-refractivity contribution in [2.75, 3.05) is 26.3 Å². The lowest BCUT2D eigenvalue weighted by atomic mass is 9.74. The fourth-order valence-electron chi connectivity index (χ4n) is 3.23. The predicted molar refractivity (Wildman–Crippen MR) is 102 cm³/mol. The Morgan fingerprint density at radius 2 is 2.00 bits per heavy atom. The van der Waals surface area contributed by atoms with E-state index in [1.54, 1.807) is 0 Å². The molecule has 0 spiro atoms. The molecule has 4 nitrogen and oxygen atoms in total. The zero-order chi connectivity index (χ0) is 17.3. The van der Waals surface area contributed by atoms with Crippen molar-refractivity contribution in [2.45, 2.75) is 50.9 Å². The quantitative estimate of drug-likeness (QED) is 0.424. The van der Waals surface area contributed by atoms with Gasteiger partial charge in [-0.05, 0) is 30.9 Å². The van der Waals surface area contributed by atoms with Crippen LogP contribution in [0.2, 0.25) is 5.02 Å². The summed E-state index contributed by atoms with van der Waals surface area (Å²) in [6, 6.07) is 8.07. The molecular formula is C19H30ClN3O. The molecule has 0 aromatic heterocycles. The number of aliphatic imine (C=N–C) groups is 1. The standard InChI is InChI=1S/C19H30ClN3O/c1-2-3-4-7-12-22-18(21)23-15-19(10-13-24-14-11-19)16-8-5-6-9-17(16)20/h5-6,8-9H,2-4,7,10-15H2,1H3,(H3,21,22,23). The van der Waals surface area contributed by atoms with Crippen LogP contribution in [0.3, 0.4) is 0 Å². The molecule has 1 fully saturated rings. The minimum Gasteiger partial charge on any atom is -0.381 e. The van der Waals surface area contributed by atoms with Gasteiger partial charge in [0.05, 0.1) is 6.54 Å². The van der Waals surface area contributed by atoms with Crippen LogP contribution in [0.15, 0.2) is 29.3 Å². The zero-order valence-electron chi connectivity index (χ0n) is 14.7. The molecule has 5 heteroatoms. The molecular weight excluding hydrogens is 322 g/mol. The van der Waals surface area contributed by atoms with Gasteiger partial charge in [0.2, 0.25) is 0 Å². The van der Waals surface area contributed by atoms with Gasteiger partial charge in [0.1, 0.15) is 0 Å². The highest BCUT2D eigenvalue weighted by Crippen LogP contribution is 2.38. The topological polar surface area (TPSA) is 59.6 Å². The Kier molecular flexibility index (Phi) is 7.86. The van der Waals surface area contributed by atoms with Gasteiger partial charge in [-0.3, -0.25) is 4.99 Å². The SMILES string of the molecule is CCCCCCNC(N)=NCC1(c2ccccc2Cl)CCOCC1. The van der Waals surface area contributed by atoms with Gasteiger partial charge in [-0.2, -0.15) is 0 Å². The molecule has 1 heterocycles. The molecule has 0 saturated carbocycles. The molecule has 0 aliphatic carbocycles. The predicted octanol–water partition coefficient (Wildman–Crippen LogP) is 3.87. The van der Waals surface area contributed by atoms with E-state index in [4.69, 9.17) is 22.1 Å². The number of nitrogens with one attached hydrogen (secondary N) is 1. The van der Waals surface area contributed by atoms with Crippen LogP contribution in [0.5, 0.6) is 0 Å². The van der Waals surface area contributed by atoms with E-state index in [-0.39, 0.29) is 5.41 Å². The van der Waals surface area contributed by atoms with Gasteiger partial charge in [0.15, 0.2) is 5.96 Å². The first-order valence-corrected chi connectivity index (χ1v) is 9.42. The Bertz CT molecular complexity index is 527. The van der Waals surface area contributed by atoms with E-state index < -0.39 is 0 Å². The lowest BCUT2D eigenvalue weighted by Gasteiger charge is -2.37. The van der Waals surface area contributed by atoms with E-state index in [0.717, 1.165) is 49.6 Å². The van der Waals surface area contributed by atoms with E-state index in [1.807, 2.05) is 18.2 Å². The number of rotatable bonds is 8. The fraction of sp³-hybridized carbons (Fsp3) is 0.632. The van der Waals surface area contributed by atoms with Gasteiger partial charge >= 0.3 is 0 Å². The third-order valence-corrected chi connectivity index (χ3v) is 5.11. The molecule has 0 radical (unpaired) electrons. The van der Waals surface area contributed by atoms with Crippen molar-refractivity contribution in [3.63, 3.8) is 0 Å². The second-order valence-electron chi connectivity index (χ2n) is 6.56. The average molecular weight is 352 g/mol. The highest BCUT2D eigenvalue weighted by atomic mass is 35.5. The van der Waals surface area contributed by atoms with Crippen LogP contribution in [0.25, 0.3) is 0 Å². The normalized spacial score (nSPS) is 17.7. The second-order valence-corrected chi connectivity index (χ2v) is 6.97. The molecule has 1 aromatic rings. The van der Waals surface area contributed by atoms with Crippen LogP contribution < -0.4 is 11.1 Å². The number of ether oxygens (including phenoxy) is 1. The number of unbranched alkanes of at least 4 members (excludes halogenated alkanes) is 3. The number of nitrogens with two attached hydrogens (primary N) is 1. The highest BCUT2D eigenvalue weighted by molar-refractivity contribution is 6.31. The molecule has 2 rings (SSSR count). The Balaban J connectivity index is 1.99. The Hall–Kier alpha value is -1.26. The summed E-state index contributed by atoms with van der Waals surface area (Å²) in [4.78, 5) is 4.62. The van der Waals surface area contributed by atoms with Crippen molar-refractivity contribution in [3.8, 4) is 0 Å². The van der Waals surface area contributed by atoms with Crippen LogP contribution in [-0.4, -0.2) is 32.3 Å². The molecule has 1 aromatic carbocycles. The summed E-state index contributed by atoms with van der Waals surface area (Å²) in [7, 11) is 0. The molecule has 0 atom stereocenters. The Labute approximate surface area is 150 Å². The smallest absolute Gasteiger partial charge is 0.188 e. The van der Waals surface area contributed by atoms with Gasteiger partial charge in [-0.15, -0.1) is 0 Å². The van der Waals surface area contributed by atoms with Crippen molar-refractivity contribution >= 4 is 17.6 Å². The molecule has 1 aliphatic heterocycles. The molecule has 3 N–H and O–H groups in total. The van der Waals surface area contributed by atoms with E-state index in [1.165, 1.54) is 19.3 Å². The number of halogens is 1. The molecule has 0 unspecified atom stereocenters. The number of hydrogen-bond donors (Lipinski definition) is 2. The van der Waals surface area contributed by atoms with Crippen molar-refractivity contribution < 1.29 is 4.74 Å². The summed E-state index contributed by atoms with van der Waals surface area (Å²) in [6.45, 7) is 5.23. The lowest BCUT2D eigenvalue weighted by molar-refractivity contribution is 0.0531. The molecule has 134 valence electrons. The summed E-state index contributed by atoms with van der Waals surface area (Å²) in [6.07, 6.45) is 6.72. The molecule has 1 saturated heterocycles. The summed E-state index contributed by atoms with van der Waals surface area (Å²) >= 11 is 6.46. The van der Waals surface area contributed by atoms with Gasteiger partial charge < -0.3 is 15.8 Å². The maximum absolute atomic E-state index is 6.46. The monoisotopic (exact) mass is 351 g/mol. The summed E-state index contributed by atoms with van der Waals surface area (Å²) in [5, 5.41) is 4.03. The largest absolute Gasteiger partial charge is 0.381 e. The maximum Gasteiger partial charge on any atom is 0.188 e. The van der Waals surface area contributed by atoms with E-state index in [9.17, 15) is 0 Å². The lowest BCUT2D eigenvalue weighted by Crippen LogP contribution is -2.39. The van der Waals surface area contributed by atoms with Gasteiger partial charge in [-0.1, -0.05) is 56.0 Å². The third kappa shape index (κ3) is 5.38. The number of guanidine groups is 1. The van der Waals surface area contributed by atoms with Crippen molar-refractivity contribution in [2.24, 2.45) is 10.7 Å². The molecule has 24 heavy (non-hydrogen) atoms. The van der Waals surface area contributed by atoms with Crippen LogP contribution in [0.1, 0.15) is 51.0 Å². The van der Waals surface area contributed by atoms with Crippen LogP contribution in [0, 0.1) is 0 Å². The number of hydrogen-bond acceptors (Lipinski definition) is 2. The van der Waals surface area contributed by atoms with Crippen molar-refractivity contribution in [3.05, 3.63) is 34.9 Å². The van der Waals surface area contributed by atoms with Gasteiger partial charge in [0, 0.05) is 30.2 Å². The van der Waals surface area contributed by atoms with Crippen LogP contribution in [0.4, 0.5) is 0 Å². The summed E-state index contributed by atoms with van der Waals surface area (Å²) < 4.78 is 5.56. The molecule has 1 aliphatic rings. The molecule has 0 amide bonds. The maximum atomic E-state index is 6.46. The van der Waals surface area contributed by atoms with Crippen LogP contribution in [-0.2, 0) is 10.2 Å². The summed E-state index contributed by atoms with van der Waals surface area (Å²) in [5.41, 5.74) is 7.14. The summed E-state index contributed by atoms with van der Waals surface area (Å²) in [5.74, 6) is 0.532. The van der Waals surface area contributed by atoms with Crippen LogP contribution >= 0.6 is 11.6 Å². The Morgan fingerprint density at radius 1 is 1.25 bits per heavy atom. The van der Waals surface area contributed by atoms with E-state index in [0.29, 0.717) is 12.5 Å². The van der Waals surface area contributed by atoms with E-state index in [2.05, 4.69) is 23.3 Å². The second kappa shape index (κ2) is 9.90. The fourth-order valence-corrected chi connectivity index (χ4v) is 3.56. The first kappa shape index (κ1) is 19.1.